The van der Waals surface area contributed by atoms with Gasteiger partial charge in [-0.1, -0.05) is 0 Å². The zero-order chi connectivity index (χ0) is 15.7. The van der Waals surface area contributed by atoms with Crippen molar-refractivity contribution in [2.24, 2.45) is 0 Å². The summed E-state index contributed by atoms with van der Waals surface area (Å²) in [6, 6.07) is 5.89. The number of nitrogen functional groups attached to an aromatic ring is 1. The van der Waals surface area contributed by atoms with Crippen LogP contribution in [-0.4, -0.2) is 24.1 Å². The third-order valence-electron chi connectivity index (χ3n) is 3.78. The zero-order valence-corrected chi connectivity index (χ0v) is 11.9. The predicted octanol–water partition coefficient (Wildman–Crippen LogP) is 3.00. The van der Waals surface area contributed by atoms with Gasteiger partial charge in [-0.25, -0.2) is 4.98 Å². The molecule has 0 bridgehead atoms. The minimum Gasteiger partial charge on any atom is -0.399 e. The number of alkyl halides is 3. The smallest absolute Gasteiger partial charge is 0.399 e. The van der Waals surface area contributed by atoms with Crippen LogP contribution in [0.1, 0.15) is 18.5 Å². The molecule has 1 atom stereocenters. The molecule has 1 fully saturated rings. The Balaban J connectivity index is 2.05. The molecule has 4 nitrogen and oxygen atoms in total. The molecule has 1 unspecified atom stereocenters. The van der Waals surface area contributed by atoms with Crippen molar-refractivity contribution < 1.29 is 13.2 Å². The first-order valence-electron chi connectivity index (χ1n) is 7.18. The van der Waals surface area contributed by atoms with E-state index < -0.39 is 11.9 Å². The SMILES string of the molecule is Nc1ccc2nc(C(F)(F)F)cc(NC3CCCNC3)c2c1. The third kappa shape index (κ3) is 3.09. The molecule has 4 N–H and O–H groups in total. The molecule has 118 valence electrons. The Hall–Kier alpha value is -2.02. The second-order valence-electron chi connectivity index (χ2n) is 5.52. The molecular formula is C15H17F3N4. The van der Waals surface area contributed by atoms with Gasteiger partial charge in [0.05, 0.1) is 5.52 Å². The lowest BCUT2D eigenvalue weighted by atomic mass is 10.1. The molecule has 1 saturated heterocycles. The van der Waals surface area contributed by atoms with E-state index >= 15 is 0 Å². The Labute approximate surface area is 125 Å². The Morgan fingerprint density at radius 2 is 2.09 bits per heavy atom. The molecule has 1 aromatic heterocycles. The van der Waals surface area contributed by atoms with E-state index in [-0.39, 0.29) is 11.6 Å². The standard InChI is InChI=1S/C15H17F3N4/c16-15(17,18)14-7-13(21-10-2-1-5-20-8-10)11-6-9(19)3-4-12(11)22-14/h3-4,6-7,10,20H,1-2,5,8,19H2,(H,21,22). The van der Waals surface area contributed by atoms with Crippen LogP contribution in [0.25, 0.3) is 10.9 Å². The van der Waals surface area contributed by atoms with Crippen molar-refractivity contribution in [3.05, 3.63) is 30.0 Å². The van der Waals surface area contributed by atoms with E-state index in [1.807, 2.05) is 0 Å². The van der Waals surface area contributed by atoms with Gasteiger partial charge in [-0.3, -0.25) is 0 Å². The van der Waals surface area contributed by atoms with E-state index in [1.54, 1.807) is 12.1 Å². The number of nitrogens with zero attached hydrogens (tertiary/aromatic N) is 1. The Bertz CT molecular complexity index is 678. The van der Waals surface area contributed by atoms with Crippen LogP contribution < -0.4 is 16.4 Å². The molecule has 22 heavy (non-hydrogen) atoms. The molecule has 1 aliphatic heterocycles. The van der Waals surface area contributed by atoms with Crippen LogP contribution in [0.3, 0.4) is 0 Å². The average molecular weight is 310 g/mol. The van der Waals surface area contributed by atoms with Crippen LogP contribution in [-0.2, 0) is 6.18 Å². The predicted molar refractivity (Wildman–Crippen MR) is 80.7 cm³/mol. The topological polar surface area (TPSA) is 63.0 Å². The van der Waals surface area contributed by atoms with Gasteiger partial charge < -0.3 is 16.4 Å². The van der Waals surface area contributed by atoms with Crippen LogP contribution in [0.4, 0.5) is 24.5 Å². The van der Waals surface area contributed by atoms with Gasteiger partial charge in [0.15, 0.2) is 0 Å². The Morgan fingerprint density at radius 1 is 1.27 bits per heavy atom. The van der Waals surface area contributed by atoms with E-state index in [2.05, 4.69) is 15.6 Å². The summed E-state index contributed by atoms with van der Waals surface area (Å²) in [4.78, 5) is 3.71. The number of nitrogens with two attached hydrogens (primary N) is 1. The molecule has 1 aliphatic rings. The number of aromatic nitrogens is 1. The number of hydrogen-bond acceptors (Lipinski definition) is 4. The van der Waals surface area contributed by atoms with E-state index in [4.69, 9.17) is 5.73 Å². The molecule has 0 saturated carbocycles. The fourth-order valence-corrected chi connectivity index (χ4v) is 2.70. The van der Waals surface area contributed by atoms with Crippen LogP contribution in [0.2, 0.25) is 0 Å². The van der Waals surface area contributed by atoms with Crippen LogP contribution in [0, 0.1) is 0 Å². The lowest BCUT2D eigenvalue weighted by Crippen LogP contribution is -2.38. The van der Waals surface area contributed by atoms with Gasteiger partial charge >= 0.3 is 6.18 Å². The quantitative estimate of drug-likeness (QED) is 0.746. The average Bonchev–Trinajstić information content (AvgIpc) is 2.47. The van der Waals surface area contributed by atoms with Gasteiger partial charge in [0, 0.05) is 29.3 Å². The van der Waals surface area contributed by atoms with Crippen LogP contribution in [0.15, 0.2) is 24.3 Å². The highest BCUT2D eigenvalue weighted by Crippen LogP contribution is 2.34. The first-order chi connectivity index (χ1) is 10.4. The van der Waals surface area contributed by atoms with E-state index in [1.165, 1.54) is 6.07 Å². The molecule has 3 rings (SSSR count). The first-order valence-corrected chi connectivity index (χ1v) is 7.18. The number of rotatable bonds is 2. The normalized spacial score (nSPS) is 19.3. The summed E-state index contributed by atoms with van der Waals surface area (Å²) in [5, 5.41) is 7.05. The summed E-state index contributed by atoms with van der Waals surface area (Å²) in [5.74, 6) is 0. The number of piperidine rings is 1. The maximum Gasteiger partial charge on any atom is 0.433 e. The molecular weight excluding hydrogens is 293 g/mol. The van der Waals surface area contributed by atoms with Crippen molar-refractivity contribution in [2.45, 2.75) is 25.1 Å². The van der Waals surface area contributed by atoms with Crippen molar-refractivity contribution in [1.29, 1.82) is 0 Å². The van der Waals surface area contributed by atoms with E-state index in [9.17, 15) is 13.2 Å². The molecule has 7 heteroatoms. The van der Waals surface area contributed by atoms with Crippen molar-refractivity contribution in [2.75, 3.05) is 24.1 Å². The summed E-state index contributed by atoms with van der Waals surface area (Å²) < 4.78 is 39.1. The monoisotopic (exact) mass is 310 g/mol. The molecule has 0 spiro atoms. The maximum atomic E-state index is 13.0. The van der Waals surface area contributed by atoms with Crippen molar-refractivity contribution in [1.82, 2.24) is 10.3 Å². The highest BCUT2D eigenvalue weighted by Gasteiger charge is 2.33. The minimum absolute atomic E-state index is 0.0989. The van der Waals surface area contributed by atoms with Crippen molar-refractivity contribution in [3.63, 3.8) is 0 Å². The largest absolute Gasteiger partial charge is 0.433 e. The second kappa shape index (κ2) is 5.64. The van der Waals surface area contributed by atoms with Gasteiger partial charge in [-0.15, -0.1) is 0 Å². The van der Waals surface area contributed by atoms with Crippen molar-refractivity contribution in [3.8, 4) is 0 Å². The number of pyridine rings is 1. The number of fused-ring (bicyclic) bond motifs is 1. The summed E-state index contributed by atoms with van der Waals surface area (Å²) >= 11 is 0. The number of nitrogens with one attached hydrogen (secondary N) is 2. The third-order valence-corrected chi connectivity index (χ3v) is 3.78. The lowest BCUT2D eigenvalue weighted by molar-refractivity contribution is -0.140. The fraction of sp³-hybridized carbons (Fsp3) is 0.400. The number of benzene rings is 1. The van der Waals surface area contributed by atoms with Gasteiger partial charge in [-0.2, -0.15) is 13.2 Å². The van der Waals surface area contributed by atoms with E-state index in [0.717, 1.165) is 32.0 Å². The van der Waals surface area contributed by atoms with Crippen LogP contribution >= 0.6 is 0 Å². The zero-order valence-electron chi connectivity index (χ0n) is 11.9. The van der Waals surface area contributed by atoms with Gasteiger partial charge in [0.25, 0.3) is 0 Å². The highest BCUT2D eigenvalue weighted by atomic mass is 19.4. The Morgan fingerprint density at radius 3 is 2.77 bits per heavy atom. The molecule has 2 heterocycles. The van der Waals surface area contributed by atoms with Crippen LogP contribution in [0.5, 0.6) is 0 Å². The lowest BCUT2D eigenvalue weighted by Gasteiger charge is -2.26. The van der Waals surface area contributed by atoms with Crippen molar-refractivity contribution >= 4 is 22.3 Å². The highest BCUT2D eigenvalue weighted by molar-refractivity contribution is 5.93. The molecule has 0 radical (unpaired) electrons. The minimum atomic E-state index is -4.48. The fourth-order valence-electron chi connectivity index (χ4n) is 2.70. The van der Waals surface area contributed by atoms with Gasteiger partial charge in [-0.05, 0) is 43.7 Å². The first kappa shape index (κ1) is 14.9. The summed E-state index contributed by atoms with van der Waals surface area (Å²) in [5.41, 5.74) is 6.08. The molecule has 1 aromatic carbocycles. The maximum absolute atomic E-state index is 13.0. The van der Waals surface area contributed by atoms with E-state index in [0.29, 0.717) is 16.8 Å². The number of halogens is 3. The Kier molecular flexibility index (Phi) is 3.82. The van der Waals surface area contributed by atoms with Gasteiger partial charge in [0.2, 0.25) is 0 Å². The molecule has 0 aliphatic carbocycles. The summed E-state index contributed by atoms with van der Waals surface area (Å²) in [6.07, 6.45) is -2.56. The number of hydrogen-bond donors (Lipinski definition) is 3. The molecule has 0 amide bonds. The molecule has 2 aromatic rings. The second-order valence-corrected chi connectivity index (χ2v) is 5.52. The number of anilines is 2. The van der Waals surface area contributed by atoms with Gasteiger partial charge in [0.1, 0.15) is 5.69 Å². The summed E-state index contributed by atoms with van der Waals surface area (Å²) in [7, 11) is 0. The summed E-state index contributed by atoms with van der Waals surface area (Å²) in [6.45, 7) is 1.67.